The van der Waals surface area contributed by atoms with Gasteiger partial charge in [0.2, 0.25) is 5.91 Å². The van der Waals surface area contributed by atoms with Crippen LogP contribution in [-0.2, 0) is 9.53 Å². The predicted octanol–water partition coefficient (Wildman–Crippen LogP) is 1.95. The number of rotatable bonds is 4. The van der Waals surface area contributed by atoms with Gasteiger partial charge >= 0.3 is 0 Å². The number of carbonyl (C=O) groups excluding carboxylic acids is 1. The monoisotopic (exact) mass is 277 g/mol. The Hall–Kier alpha value is -0.0900. The Bertz CT molecular complexity index is 221. The topological polar surface area (TPSA) is 38.3 Å². The van der Waals surface area contributed by atoms with Gasteiger partial charge in [-0.1, -0.05) is 29.8 Å². The molecule has 0 spiro atoms. The molecule has 4 heteroatoms. The zero-order chi connectivity index (χ0) is 11.4. The second kappa shape index (κ2) is 5.85. The van der Waals surface area contributed by atoms with Gasteiger partial charge in [-0.3, -0.25) is 4.79 Å². The molecule has 1 fully saturated rings. The molecule has 0 aliphatic carbocycles. The summed E-state index contributed by atoms with van der Waals surface area (Å²) >= 11 is 3.55. The third-order valence-electron chi connectivity index (χ3n) is 2.91. The Morgan fingerprint density at radius 2 is 2.27 bits per heavy atom. The van der Waals surface area contributed by atoms with Crippen molar-refractivity contribution in [2.75, 3.05) is 13.2 Å². The summed E-state index contributed by atoms with van der Waals surface area (Å²) in [6, 6.07) is 0. The number of ether oxygens (including phenoxy) is 1. The van der Waals surface area contributed by atoms with Gasteiger partial charge in [-0.15, -0.1) is 0 Å². The average Bonchev–Trinajstić information content (AvgIpc) is 2.60. The molecule has 15 heavy (non-hydrogen) atoms. The molecule has 0 saturated carbocycles. The van der Waals surface area contributed by atoms with Crippen molar-refractivity contribution in [2.24, 2.45) is 11.8 Å². The van der Waals surface area contributed by atoms with Crippen LogP contribution in [0.2, 0.25) is 0 Å². The van der Waals surface area contributed by atoms with E-state index in [0.717, 1.165) is 6.42 Å². The van der Waals surface area contributed by atoms with E-state index in [1.165, 1.54) is 0 Å². The predicted molar refractivity (Wildman–Crippen MR) is 64.1 cm³/mol. The summed E-state index contributed by atoms with van der Waals surface area (Å²) in [6.07, 6.45) is 0.916. The van der Waals surface area contributed by atoms with E-state index in [0.29, 0.717) is 23.9 Å². The van der Waals surface area contributed by atoms with Gasteiger partial charge < -0.3 is 10.1 Å². The Kier molecular flexibility index (Phi) is 5.06. The van der Waals surface area contributed by atoms with Crippen molar-refractivity contribution < 1.29 is 9.53 Å². The third-order valence-corrected chi connectivity index (χ3v) is 4.29. The minimum absolute atomic E-state index is 0.0388. The molecule has 1 saturated heterocycles. The Morgan fingerprint density at radius 1 is 1.60 bits per heavy atom. The van der Waals surface area contributed by atoms with Crippen molar-refractivity contribution in [3.63, 3.8) is 0 Å². The lowest BCUT2D eigenvalue weighted by atomic mass is 10.0. The summed E-state index contributed by atoms with van der Waals surface area (Å²) in [5, 5.41) is 2.97. The number of nitrogens with one attached hydrogen (secondary N) is 1. The Labute approximate surface area is 100 Å². The molecule has 3 atom stereocenters. The number of hydrogen-bond donors (Lipinski definition) is 1. The summed E-state index contributed by atoms with van der Waals surface area (Å²) in [4.78, 5) is 12.1. The molecule has 88 valence electrons. The molecule has 0 aromatic rings. The molecule has 1 amide bonds. The van der Waals surface area contributed by atoms with E-state index in [9.17, 15) is 4.79 Å². The SMILES string of the molecule is CC(C)C(Br)CNC(=O)C1CCOC1C. The van der Waals surface area contributed by atoms with Crippen LogP contribution < -0.4 is 5.32 Å². The first-order valence-electron chi connectivity index (χ1n) is 5.55. The van der Waals surface area contributed by atoms with E-state index in [1.54, 1.807) is 0 Å². The normalized spacial score (nSPS) is 28.1. The van der Waals surface area contributed by atoms with Crippen LogP contribution in [-0.4, -0.2) is 30.0 Å². The third kappa shape index (κ3) is 3.76. The first kappa shape index (κ1) is 13.0. The first-order valence-corrected chi connectivity index (χ1v) is 6.47. The Morgan fingerprint density at radius 3 is 2.73 bits per heavy atom. The zero-order valence-corrected chi connectivity index (χ0v) is 11.2. The molecular weight excluding hydrogens is 258 g/mol. The van der Waals surface area contributed by atoms with Gasteiger partial charge in [0.15, 0.2) is 0 Å². The van der Waals surface area contributed by atoms with E-state index in [-0.39, 0.29) is 17.9 Å². The van der Waals surface area contributed by atoms with E-state index in [2.05, 4.69) is 35.1 Å². The van der Waals surface area contributed by atoms with Crippen LogP contribution >= 0.6 is 15.9 Å². The van der Waals surface area contributed by atoms with E-state index in [4.69, 9.17) is 4.74 Å². The van der Waals surface area contributed by atoms with Crippen molar-refractivity contribution >= 4 is 21.8 Å². The van der Waals surface area contributed by atoms with Crippen LogP contribution in [0.25, 0.3) is 0 Å². The molecule has 1 aliphatic heterocycles. The summed E-state index contributed by atoms with van der Waals surface area (Å²) in [5.74, 6) is 0.699. The Balaban J connectivity index is 2.29. The molecule has 1 rings (SSSR count). The van der Waals surface area contributed by atoms with Crippen molar-refractivity contribution in [1.82, 2.24) is 5.32 Å². The van der Waals surface area contributed by atoms with Gasteiger partial charge in [0, 0.05) is 18.0 Å². The highest BCUT2D eigenvalue weighted by atomic mass is 79.9. The number of amides is 1. The lowest BCUT2D eigenvalue weighted by Gasteiger charge is -2.18. The molecule has 1 aliphatic rings. The van der Waals surface area contributed by atoms with Crippen molar-refractivity contribution in [2.45, 2.75) is 38.1 Å². The molecule has 1 N–H and O–H groups in total. The summed E-state index contributed by atoms with van der Waals surface area (Å²) in [7, 11) is 0. The molecule has 3 unspecified atom stereocenters. The largest absolute Gasteiger partial charge is 0.378 e. The average molecular weight is 278 g/mol. The molecule has 0 radical (unpaired) electrons. The van der Waals surface area contributed by atoms with E-state index >= 15 is 0 Å². The van der Waals surface area contributed by atoms with Gasteiger partial charge in [0.25, 0.3) is 0 Å². The van der Waals surface area contributed by atoms with Crippen molar-refractivity contribution in [3.05, 3.63) is 0 Å². The second-order valence-corrected chi connectivity index (χ2v) is 5.65. The smallest absolute Gasteiger partial charge is 0.225 e. The van der Waals surface area contributed by atoms with Crippen molar-refractivity contribution in [1.29, 1.82) is 0 Å². The van der Waals surface area contributed by atoms with Gasteiger partial charge in [-0.25, -0.2) is 0 Å². The molecule has 0 aromatic heterocycles. The lowest BCUT2D eigenvalue weighted by molar-refractivity contribution is -0.126. The van der Waals surface area contributed by atoms with Crippen LogP contribution in [0.1, 0.15) is 27.2 Å². The van der Waals surface area contributed by atoms with Crippen LogP contribution in [0.15, 0.2) is 0 Å². The van der Waals surface area contributed by atoms with Crippen molar-refractivity contribution in [3.8, 4) is 0 Å². The second-order valence-electron chi connectivity index (χ2n) is 4.48. The highest BCUT2D eigenvalue weighted by Gasteiger charge is 2.30. The first-order chi connectivity index (χ1) is 7.02. The fraction of sp³-hybridized carbons (Fsp3) is 0.909. The van der Waals surface area contributed by atoms with Gasteiger partial charge in [0.1, 0.15) is 0 Å². The number of carbonyl (C=O) groups is 1. The van der Waals surface area contributed by atoms with Gasteiger partial charge in [-0.2, -0.15) is 0 Å². The maximum atomic E-state index is 11.8. The number of hydrogen-bond acceptors (Lipinski definition) is 2. The summed E-state index contributed by atoms with van der Waals surface area (Å²) in [5.41, 5.74) is 0. The minimum Gasteiger partial charge on any atom is -0.378 e. The number of halogens is 1. The standard InChI is InChI=1S/C11H20BrNO2/c1-7(2)10(12)6-13-11(14)9-4-5-15-8(9)3/h7-10H,4-6H2,1-3H3,(H,13,14). The van der Waals surface area contributed by atoms with Gasteiger partial charge in [-0.05, 0) is 19.3 Å². The highest BCUT2D eigenvalue weighted by Crippen LogP contribution is 2.20. The molecule has 0 aromatic carbocycles. The number of alkyl halides is 1. The van der Waals surface area contributed by atoms with E-state index < -0.39 is 0 Å². The highest BCUT2D eigenvalue weighted by molar-refractivity contribution is 9.09. The fourth-order valence-corrected chi connectivity index (χ4v) is 1.80. The summed E-state index contributed by atoms with van der Waals surface area (Å²) in [6.45, 7) is 7.63. The summed E-state index contributed by atoms with van der Waals surface area (Å²) < 4.78 is 5.37. The van der Waals surface area contributed by atoms with E-state index in [1.807, 2.05) is 6.92 Å². The molecule has 1 heterocycles. The fourth-order valence-electron chi connectivity index (χ4n) is 1.64. The molecule has 3 nitrogen and oxygen atoms in total. The molecule has 0 bridgehead atoms. The quantitative estimate of drug-likeness (QED) is 0.798. The maximum Gasteiger partial charge on any atom is 0.225 e. The zero-order valence-electron chi connectivity index (χ0n) is 9.63. The van der Waals surface area contributed by atoms with Crippen LogP contribution in [0.3, 0.4) is 0 Å². The van der Waals surface area contributed by atoms with Crippen LogP contribution in [0, 0.1) is 11.8 Å². The molecular formula is C11H20BrNO2. The lowest BCUT2D eigenvalue weighted by Crippen LogP contribution is -2.38. The maximum absolute atomic E-state index is 11.8. The minimum atomic E-state index is 0.0388. The van der Waals surface area contributed by atoms with Gasteiger partial charge in [0.05, 0.1) is 12.0 Å². The van der Waals surface area contributed by atoms with Crippen LogP contribution in [0.5, 0.6) is 0 Å². The van der Waals surface area contributed by atoms with Crippen LogP contribution in [0.4, 0.5) is 0 Å².